The number of benzene rings is 2. The van der Waals surface area contributed by atoms with Crippen LogP contribution in [0.4, 0.5) is 0 Å². The van der Waals surface area contributed by atoms with E-state index >= 15 is 0 Å². The lowest BCUT2D eigenvalue weighted by Gasteiger charge is -1.83. The number of aromatic nitrogens is 2. The molecule has 0 unspecified atom stereocenters. The number of fused-ring (bicyclic) bond motifs is 2. The number of para-hydroxylation sites is 2. The fraction of sp³-hybridized carbons (Fsp3) is 0. The first-order valence-corrected chi connectivity index (χ1v) is 7.70. The van der Waals surface area contributed by atoms with Gasteiger partial charge in [0.05, 0.1) is 0 Å². The maximum absolute atomic E-state index is 12.7. The molecule has 0 atom stereocenters. The summed E-state index contributed by atoms with van der Waals surface area (Å²) in [6, 6.07) is 19.8. The van der Waals surface area contributed by atoms with E-state index in [1.54, 1.807) is 0 Å². The Morgan fingerprint density at radius 3 is 1.60 bits per heavy atom. The Morgan fingerprint density at radius 2 is 1.15 bits per heavy atom. The van der Waals surface area contributed by atoms with E-state index < -0.39 is 7.80 Å². The summed E-state index contributed by atoms with van der Waals surface area (Å²) in [5.74, 6) is 0. The summed E-state index contributed by atoms with van der Waals surface area (Å²) in [5, 5.41) is 2.17. The predicted octanol–water partition coefficient (Wildman–Crippen LogP) is 3.43. The molecule has 0 aliphatic heterocycles. The van der Waals surface area contributed by atoms with Gasteiger partial charge in [0.15, 0.2) is 0 Å². The Morgan fingerprint density at radius 1 is 0.700 bits per heavy atom. The number of hydrogen-bond acceptors (Lipinski definition) is 1. The minimum atomic E-state index is -1.63. The molecular weight excluding hydrogens is 267 g/mol. The van der Waals surface area contributed by atoms with Gasteiger partial charge in [-0.2, -0.15) is 0 Å². The van der Waals surface area contributed by atoms with Crippen molar-refractivity contribution in [2.45, 2.75) is 0 Å². The lowest BCUT2D eigenvalue weighted by Crippen LogP contribution is -2.07. The molecule has 0 fully saturated rings. The van der Waals surface area contributed by atoms with E-state index in [-0.39, 0.29) is 0 Å². The van der Waals surface area contributed by atoms with Gasteiger partial charge >= 0.3 is 7.80 Å². The zero-order valence-electron chi connectivity index (χ0n) is 10.6. The smallest absolute Gasteiger partial charge is 0.317 e. The lowest BCUT2D eigenvalue weighted by atomic mass is 10.3. The second-order valence-corrected chi connectivity index (χ2v) is 6.33. The highest BCUT2D eigenvalue weighted by molar-refractivity contribution is 7.61. The minimum absolute atomic E-state index is 0.757. The third-order valence-corrected chi connectivity index (χ3v) is 4.83. The molecule has 0 aliphatic rings. The first-order valence-electron chi connectivity index (χ1n) is 6.44. The molecule has 0 saturated carbocycles. The van der Waals surface area contributed by atoms with Crippen molar-refractivity contribution < 1.29 is 4.57 Å². The van der Waals surface area contributed by atoms with Crippen LogP contribution in [0, 0.1) is 0 Å². The van der Waals surface area contributed by atoms with Gasteiger partial charge in [-0.25, -0.2) is 0 Å². The van der Waals surface area contributed by atoms with Gasteiger partial charge in [0.2, 0.25) is 0 Å². The van der Waals surface area contributed by atoms with Gasteiger partial charge < -0.3 is 9.97 Å². The average Bonchev–Trinajstić information content (AvgIpc) is 3.10. The molecule has 0 spiro atoms. The number of H-pyrrole nitrogens is 2. The summed E-state index contributed by atoms with van der Waals surface area (Å²) in [6.07, 6.45) is 0. The highest BCUT2D eigenvalue weighted by Gasteiger charge is 2.28. The van der Waals surface area contributed by atoms with Crippen LogP contribution < -0.4 is 10.9 Å². The van der Waals surface area contributed by atoms with Crippen LogP contribution in [0.15, 0.2) is 60.7 Å². The summed E-state index contributed by atoms with van der Waals surface area (Å²) in [7, 11) is -1.63. The highest BCUT2D eigenvalue weighted by Crippen LogP contribution is 2.24. The van der Waals surface area contributed by atoms with Crippen molar-refractivity contribution >= 4 is 40.5 Å². The molecule has 20 heavy (non-hydrogen) atoms. The third-order valence-electron chi connectivity index (χ3n) is 3.47. The molecule has 4 heteroatoms. The van der Waals surface area contributed by atoms with Crippen molar-refractivity contribution in [3.8, 4) is 0 Å². The Hall–Kier alpha value is -2.38. The normalized spacial score (nSPS) is 11.2. The predicted molar refractivity (Wildman–Crippen MR) is 83.5 cm³/mol. The zero-order valence-corrected chi connectivity index (χ0v) is 11.5. The minimum Gasteiger partial charge on any atom is -0.317 e. The molecule has 2 heterocycles. The highest BCUT2D eigenvalue weighted by atomic mass is 31.1. The molecule has 0 aliphatic carbocycles. The van der Waals surface area contributed by atoms with Crippen molar-refractivity contribution in [1.82, 2.24) is 9.97 Å². The molecule has 3 nitrogen and oxygen atoms in total. The molecule has 96 valence electrons. The van der Waals surface area contributed by atoms with Gasteiger partial charge in [0, 0.05) is 33.9 Å². The molecule has 2 N–H and O–H groups in total. The molecule has 0 saturated heterocycles. The van der Waals surface area contributed by atoms with Gasteiger partial charge in [-0.05, 0) is 12.1 Å². The molecule has 2 aromatic carbocycles. The summed E-state index contributed by atoms with van der Waals surface area (Å²) in [5.41, 5.74) is 3.55. The third kappa shape index (κ3) is 1.75. The molecule has 2 aromatic heterocycles. The van der Waals surface area contributed by atoms with Gasteiger partial charge in [0.1, 0.15) is 0 Å². The van der Waals surface area contributed by atoms with E-state index in [4.69, 9.17) is 0 Å². The molecule has 4 aromatic rings. The summed E-state index contributed by atoms with van der Waals surface area (Å²) in [6.45, 7) is 0. The van der Waals surface area contributed by atoms with Crippen LogP contribution in [0.2, 0.25) is 0 Å². The van der Waals surface area contributed by atoms with Crippen molar-refractivity contribution in [3.05, 3.63) is 60.7 Å². The maximum atomic E-state index is 12.7. The largest absolute Gasteiger partial charge is 0.451 e. The van der Waals surface area contributed by atoms with Crippen LogP contribution in [0.25, 0.3) is 21.8 Å². The van der Waals surface area contributed by atoms with Crippen LogP contribution in [0.3, 0.4) is 0 Å². The van der Waals surface area contributed by atoms with Crippen LogP contribution in [-0.4, -0.2) is 9.97 Å². The molecular formula is C16H12N2OP+. The Bertz CT molecular complexity index is 794. The Labute approximate surface area is 116 Å². The summed E-state index contributed by atoms with van der Waals surface area (Å²) >= 11 is 0. The monoisotopic (exact) mass is 279 g/mol. The van der Waals surface area contributed by atoms with Crippen LogP contribution in [-0.2, 0) is 4.57 Å². The molecule has 0 amide bonds. The second-order valence-electron chi connectivity index (χ2n) is 4.78. The standard InChI is InChI=1S/C16H12N2OP/c19-20(15-9-11-5-1-3-7-13(11)17-15)16-10-12-6-2-4-8-14(12)18-16/h1-10,17-18H/q+1. The number of rotatable bonds is 2. The van der Waals surface area contributed by atoms with Gasteiger partial charge in [0.25, 0.3) is 10.9 Å². The summed E-state index contributed by atoms with van der Waals surface area (Å²) < 4.78 is 12.7. The topological polar surface area (TPSA) is 48.6 Å². The van der Waals surface area contributed by atoms with E-state index in [1.807, 2.05) is 60.7 Å². The number of hydrogen-bond donors (Lipinski definition) is 2. The number of nitrogens with one attached hydrogen (secondary N) is 2. The second kappa shape index (κ2) is 4.32. The van der Waals surface area contributed by atoms with E-state index in [2.05, 4.69) is 9.97 Å². The van der Waals surface area contributed by atoms with E-state index in [0.29, 0.717) is 0 Å². The van der Waals surface area contributed by atoms with Crippen LogP contribution in [0.1, 0.15) is 0 Å². The SMILES string of the molecule is O=[P+](c1cc2ccccc2[nH]1)c1cc2ccccc2[nH]1. The molecule has 4 rings (SSSR count). The van der Waals surface area contributed by atoms with Gasteiger partial charge in [-0.3, -0.25) is 0 Å². The molecule has 0 radical (unpaired) electrons. The first kappa shape index (κ1) is 11.4. The lowest BCUT2D eigenvalue weighted by molar-refractivity contribution is 0.597. The quantitative estimate of drug-likeness (QED) is 0.543. The fourth-order valence-corrected chi connectivity index (χ4v) is 3.68. The average molecular weight is 279 g/mol. The van der Waals surface area contributed by atoms with Crippen molar-refractivity contribution in [2.75, 3.05) is 0 Å². The van der Waals surface area contributed by atoms with Crippen molar-refractivity contribution in [3.63, 3.8) is 0 Å². The van der Waals surface area contributed by atoms with Gasteiger partial charge in [-0.15, -0.1) is 0 Å². The maximum Gasteiger partial charge on any atom is 0.451 e. The van der Waals surface area contributed by atoms with E-state index in [0.717, 1.165) is 32.7 Å². The molecule has 0 bridgehead atoms. The van der Waals surface area contributed by atoms with E-state index in [9.17, 15) is 4.57 Å². The Balaban J connectivity index is 1.82. The first-order chi connectivity index (χ1) is 9.81. The van der Waals surface area contributed by atoms with Crippen LogP contribution in [0.5, 0.6) is 0 Å². The Kier molecular flexibility index (Phi) is 2.48. The van der Waals surface area contributed by atoms with Crippen LogP contribution >= 0.6 is 7.80 Å². The van der Waals surface area contributed by atoms with Crippen molar-refractivity contribution in [2.24, 2.45) is 0 Å². The fourth-order valence-electron chi connectivity index (χ4n) is 2.46. The van der Waals surface area contributed by atoms with Gasteiger partial charge in [-0.1, -0.05) is 41.0 Å². The zero-order chi connectivity index (χ0) is 13.5. The van der Waals surface area contributed by atoms with E-state index in [1.165, 1.54) is 0 Å². The number of aromatic amines is 2. The summed E-state index contributed by atoms with van der Waals surface area (Å²) in [4.78, 5) is 6.47. The van der Waals surface area contributed by atoms with Crippen molar-refractivity contribution in [1.29, 1.82) is 0 Å².